The molecule has 0 aliphatic carbocycles. The summed E-state index contributed by atoms with van der Waals surface area (Å²) >= 11 is 0. The van der Waals surface area contributed by atoms with Crippen molar-refractivity contribution in [2.24, 2.45) is 0 Å². The smallest absolute Gasteiger partial charge is 0.219 e. The third-order valence-electron chi connectivity index (χ3n) is 8.75. The summed E-state index contributed by atoms with van der Waals surface area (Å²) in [6.45, 7) is 6.48. The van der Waals surface area contributed by atoms with Crippen LogP contribution in [0.5, 0.6) is 17.4 Å². The maximum atomic E-state index is 10.8. The molecule has 228 valence electrons. The van der Waals surface area contributed by atoms with Crippen molar-refractivity contribution in [2.75, 3.05) is 0 Å². The number of aromatic hydroxyl groups is 1. The van der Waals surface area contributed by atoms with Gasteiger partial charge in [0.1, 0.15) is 22.8 Å². The molecule has 47 heavy (non-hydrogen) atoms. The van der Waals surface area contributed by atoms with E-state index < -0.39 is 0 Å². The lowest BCUT2D eigenvalue weighted by Crippen LogP contribution is -2.11. The minimum Gasteiger partial charge on any atom is -0.506 e. The first-order valence-corrected chi connectivity index (χ1v) is 15.8. The quantitative estimate of drug-likeness (QED) is 0.210. The first kappa shape index (κ1) is 28.5. The van der Waals surface area contributed by atoms with Crippen LogP contribution in [0.4, 0.5) is 0 Å². The summed E-state index contributed by atoms with van der Waals surface area (Å²) < 4.78 is 8.78. The van der Waals surface area contributed by atoms with Gasteiger partial charge in [0.2, 0.25) is 5.88 Å². The molecule has 5 aromatic carbocycles. The number of phenols is 1. The van der Waals surface area contributed by atoms with Crippen LogP contribution in [0.3, 0.4) is 0 Å². The summed E-state index contributed by atoms with van der Waals surface area (Å²) in [6, 6.07) is 45.1. The lowest BCUT2D eigenvalue weighted by molar-refractivity contribution is 0.460. The third-order valence-corrected chi connectivity index (χ3v) is 8.75. The first-order valence-electron chi connectivity index (χ1n) is 15.8. The van der Waals surface area contributed by atoms with Gasteiger partial charge >= 0.3 is 0 Å². The van der Waals surface area contributed by atoms with Gasteiger partial charge in [-0.1, -0.05) is 106 Å². The molecule has 0 radical (unpaired) electrons. The minimum absolute atomic E-state index is 0.106. The van der Waals surface area contributed by atoms with Crippen molar-refractivity contribution in [2.45, 2.75) is 26.2 Å². The molecule has 0 spiro atoms. The second-order valence-corrected chi connectivity index (χ2v) is 12.9. The Kier molecular flexibility index (Phi) is 6.76. The van der Waals surface area contributed by atoms with Crippen LogP contribution in [0.25, 0.3) is 60.8 Å². The number of nitrogens with zero attached hydrogens (tertiary/aromatic N) is 3. The predicted octanol–water partition coefficient (Wildman–Crippen LogP) is 10.9. The summed E-state index contributed by atoms with van der Waals surface area (Å²) in [5, 5.41) is 14.0. The van der Waals surface area contributed by atoms with Gasteiger partial charge in [-0.2, -0.15) is 0 Å². The van der Waals surface area contributed by atoms with Crippen molar-refractivity contribution in [3.05, 3.63) is 145 Å². The molecular weight excluding hydrogens is 578 g/mol. The number of benzene rings is 5. The molecule has 0 atom stereocenters. The zero-order valence-electron chi connectivity index (χ0n) is 26.5. The number of hydrogen-bond acceptors (Lipinski definition) is 4. The number of para-hydroxylation sites is 1. The second-order valence-electron chi connectivity index (χ2n) is 12.9. The second kappa shape index (κ2) is 11.1. The molecule has 0 fully saturated rings. The van der Waals surface area contributed by atoms with Gasteiger partial charge in [-0.15, -0.1) is 0 Å². The zero-order valence-corrected chi connectivity index (χ0v) is 26.5. The maximum Gasteiger partial charge on any atom is 0.219 e. The van der Waals surface area contributed by atoms with E-state index in [0.717, 1.165) is 60.8 Å². The molecule has 0 amide bonds. The van der Waals surface area contributed by atoms with Crippen LogP contribution in [0.1, 0.15) is 26.3 Å². The Hall–Kier alpha value is -5.94. The lowest BCUT2D eigenvalue weighted by Gasteiger charge is -2.21. The number of fused-ring (bicyclic) bond motifs is 4. The molecule has 3 heterocycles. The van der Waals surface area contributed by atoms with Crippen LogP contribution in [0, 0.1) is 0 Å². The van der Waals surface area contributed by atoms with E-state index in [-0.39, 0.29) is 11.2 Å². The summed E-state index contributed by atoms with van der Waals surface area (Å²) in [5.74, 6) is 1.99. The maximum absolute atomic E-state index is 10.8. The van der Waals surface area contributed by atoms with Crippen molar-refractivity contribution >= 4 is 32.7 Å². The van der Waals surface area contributed by atoms with Gasteiger partial charge < -0.3 is 9.84 Å². The molecule has 8 aromatic rings. The third kappa shape index (κ3) is 5.06. The highest BCUT2D eigenvalue weighted by Crippen LogP contribution is 2.42. The van der Waals surface area contributed by atoms with Gasteiger partial charge in [-0.05, 0) is 69.6 Å². The Morgan fingerprint density at radius 1 is 0.638 bits per heavy atom. The Balaban J connectivity index is 1.36. The summed E-state index contributed by atoms with van der Waals surface area (Å²) in [5.41, 5.74) is 7.91. The largest absolute Gasteiger partial charge is 0.506 e. The summed E-state index contributed by atoms with van der Waals surface area (Å²) in [6.07, 6.45) is 1.87. The normalized spacial score (nSPS) is 11.8. The Bertz CT molecular complexity index is 2420. The first-order chi connectivity index (χ1) is 22.8. The molecule has 0 aliphatic heterocycles. The van der Waals surface area contributed by atoms with Crippen molar-refractivity contribution in [3.8, 4) is 45.5 Å². The van der Waals surface area contributed by atoms with Gasteiger partial charge in [-0.25, -0.2) is 9.97 Å². The lowest BCUT2D eigenvalue weighted by atomic mass is 9.84. The highest BCUT2D eigenvalue weighted by Gasteiger charge is 2.21. The Morgan fingerprint density at radius 2 is 1.36 bits per heavy atom. The number of ether oxygens (including phenoxy) is 1. The van der Waals surface area contributed by atoms with E-state index >= 15 is 0 Å². The van der Waals surface area contributed by atoms with E-state index in [4.69, 9.17) is 14.7 Å². The molecule has 8 rings (SSSR count). The summed E-state index contributed by atoms with van der Waals surface area (Å²) in [4.78, 5) is 9.68. The van der Waals surface area contributed by atoms with Crippen LogP contribution >= 0.6 is 0 Å². The summed E-state index contributed by atoms with van der Waals surface area (Å²) in [7, 11) is 0. The Morgan fingerprint density at radius 3 is 2.13 bits per heavy atom. The fourth-order valence-electron chi connectivity index (χ4n) is 6.59. The van der Waals surface area contributed by atoms with Crippen LogP contribution in [0.2, 0.25) is 0 Å². The van der Waals surface area contributed by atoms with Crippen LogP contribution in [-0.4, -0.2) is 19.6 Å². The highest BCUT2D eigenvalue weighted by atomic mass is 16.5. The Labute approximate surface area is 273 Å². The van der Waals surface area contributed by atoms with E-state index in [2.05, 4.69) is 116 Å². The van der Waals surface area contributed by atoms with Gasteiger partial charge in [-0.3, -0.25) is 4.57 Å². The average molecular weight is 612 g/mol. The molecule has 0 unspecified atom stereocenters. The van der Waals surface area contributed by atoms with Crippen molar-refractivity contribution < 1.29 is 9.84 Å². The fourth-order valence-corrected chi connectivity index (χ4v) is 6.59. The van der Waals surface area contributed by atoms with E-state index in [1.54, 1.807) is 6.07 Å². The van der Waals surface area contributed by atoms with E-state index in [1.807, 2.05) is 42.6 Å². The van der Waals surface area contributed by atoms with Crippen LogP contribution in [0.15, 0.2) is 140 Å². The molecule has 0 aliphatic rings. The molecule has 5 nitrogen and oxygen atoms in total. The predicted molar refractivity (Wildman–Crippen MR) is 192 cm³/mol. The van der Waals surface area contributed by atoms with E-state index in [1.165, 1.54) is 0 Å². The number of pyridine rings is 2. The average Bonchev–Trinajstić information content (AvgIpc) is 3.43. The molecule has 5 heteroatoms. The van der Waals surface area contributed by atoms with Gasteiger partial charge in [0, 0.05) is 34.5 Å². The number of hydrogen-bond donors (Lipinski definition) is 1. The molecule has 0 bridgehead atoms. The van der Waals surface area contributed by atoms with Crippen molar-refractivity contribution in [1.29, 1.82) is 0 Å². The molecule has 0 saturated carbocycles. The fraction of sp³-hybridized carbons (Fsp3) is 0.0952. The van der Waals surface area contributed by atoms with Crippen LogP contribution < -0.4 is 4.74 Å². The van der Waals surface area contributed by atoms with Crippen LogP contribution in [-0.2, 0) is 5.41 Å². The number of phenolic OH excluding ortho intramolecular Hbond substituents is 1. The SMILES string of the molecule is CC(C)(C)c1ccc(O)c2nc(Oc3cc(-c4ccccc4)c4c5ccccc5n(-c5cc(-c6ccccc6)ccn5)c4c3)ccc12. The zero-order chi connectivity index (χ0) is 32.1. The number of rotatable bonds is 5. The number of aromatic nitrogens is 3. The molecule has 3 aromatic heterocycles. The van der Waals surface area contributed by atoms with Gasteiger partial charge in [0.05, 0.1) is 11.0 Å². The van der Waals surface area contributed by atoms with E-state index in [9.17, 15) is 5.11 Å². The van der Waals surface area contributed by atoms with Gasteiger partial charge in [0.25, 0.3) is 0 Å². The van der Waals surface area contributed by atoms with Crippen molar-refractivity contribution in [3.63, 3.8) is 0 Å². The minimum atomic E-state index is -0.106. The van der Waals surface area contributed by atoms with E-state index in [0.29, 0.717) is 17.1 Å². The van der Waals surface area contributed by atoms with Gasteiger partial charge in [0.15, 0.2) is 0 Å². The molecular formula is C42H33N3O2. The molecule has 1 N–H and O–H groups in total. The van der Waals surface area contributed by atoms with Crippen molar-refractivity contribution in [1.82, 2.24) is 14.5 Å². The standard InChI is InChI=1S/C42H33N3O2/c1-42(2,3)34-19-20-37(46)41-31(34)18-21-39(44-41)47-30-25-33(28-14-8-5-9-15-28)40-32-16-10-11-17-35(32)45(36(40)26-30)38-24-29(22-23-43-38)27-12-6-4-7-13-27/h4-26,46H,1-3H3. The monoisotopic (exact) mass is 611 g/mol. The highest BCUT2D eigenvalue weighted by molar-refractivity contribution is 6.16. The molecule has 0 saturated heterocycles. The topological polar surface area (TPSA) is 60.2 Å².